The lowest BCUT2D eigenvalue weighted by atomic mass is 9.57. The van der Waals surface area contributed by atoms with Crippen molar-refractivity contribution >= 4 is 57.9 Å². The second-order valence-electron chi connectivity index (χ2n) is 22.6. The molecule has 0 spiro atoms. The summed E-state index contributed by atoms with van der Waals surface area (Å²) in [6, 6.07) is 6.58. The van der Waals surface area contributed by atoms with Crippen LogP contribution in [0.2, 0.25) is 0 Å². The lowest BCUT2D eigenvalue weighted by Gasteiger charge is -2.50. The molecule has 23 heteroatoms. The van der Waals surface area contributed by atoms with Crippen molar-refractivity contribution in [3.8, 4) is 11.5 Å². The van der Waals surface area contributed by atoms with Gasteiger partial charge in [-0.3, -0.25) is 48.2 Å². The molecule has 1 amide bonds. The number of ketones is 7. The van der Waals surface area contributed by atoms with Gasteiger partial charge in [0.15, 0.2) is 40.1 Å². The van der Waals surface area contributed by atoms with Gasteiger partial charge in [-0.1, -0.05) is 18.9 Å². The van der Waals surface area contributed by atoms with Gasteiger partial charge in [0.1, 0.15) is 57.3 Å². The molecule has 7 aliphatic carbocycles. The van der Waals surface area contributed by atoms with Crippen LogP contribution in [-0.2, 0) is 48.2 Å². The van der Waals surface area contributed by atoms with Crippen molar-refractivity contribution in [2.75, 3.05) is 41.3 Å². The van der Waals surface area contributed by atoms with E-state index in [2.05, 4.69) is 10.6 Å². The normalized spacial score (nSPS) is 26.9. The van der Waals surface area contributed by atoms with E-state index in [0.717, 1.165) is 50.8 Å². The Hall–Kier alpha value is -7.80. The third-order valence-corrected chi connectivity index (χ3v) is 17.5. The molecule has 21 nitrogen and oxygen atoms in total. The molecule has 0 bridgehead atoms. The van der Waals surface area contributed by atoms with E-state index in [1.54, 1.807) is 14.1 Å². The largest absolute Gasteiger partial charge is 0.508 e. The number of benzene rings is 3. The number of fused-ring (bicyclic) bond motifs is 6. The molecule has 7 aliphatic rings. The molecule has 0 radical (unpaired) electrons. The predicted octanol–water partition coefficient (Wildman–Crippen LogP) is 3.00. The summed E-state index contributed by atoms with van der Waals surface area (Å²) in [4.78, 5) is 108. The number of primary amides is 1. The number of amides is 1. The molecular formula is C59H63F2N5O16. The summed E-state index contributed by atoms with van der Waals surface area (Å²) in [5.74, 6) is -16.4. The van der Waals surface area contributed by atoms with Crippen LogP contribution in [0.3, 0.4) is 0 Å². The summed E-state index contributed by atoms with van der Waals surface area (Å²) in [6.07, 6.45) is 4.09. The van der Waals surface area contributed by atoms with E-state index < -0.39 is 139 Å². The lowest BCUT2D eigenvalue weighted by Crippen LogP contribution is -2.65. The van der Waals surface area contributed by atoms with Gasteiger partial charge >= 0.3 is 0 Å². The Morgan fingerprint density at radius 2 is 1.07 bits per heavy atom. The minimum atomic E-state index is -2.70. The number of phenols is 2. The van der Waals surface area contributed by atoms with Crippen molar-refractivity contribution in [2.45, 2.75) is 94.2 Å². The number of likely N-dealkylation sites (N-methyl/N-ethyl adjacent to an activating group) is 2. The number of carbonyl (C=O) groups excluding carboxylic acids is 8. The molecule has 0 unspecified atom stereocenters. The number of hydrogen-bond acceptors (Lipinski definition) is 20. The number of rotatable bonds is 13. The van der Waals surface area contributed by atoms with E-state index in [-0.39, 0.29) is 102 Å². The van der Waals surface area contributed by atoms with Gasteiger partial charge < -0.3 is 57.2 Å². The Labute approximate surface area is 468 Å². The van der Waals surface area contributed by atoms with Crippen LogP contribution >= 0.6 is 0 Å². The molecule has 3 aromatic rings. The first-order valence-electron chi connectivity index (χ1n) is 26.7. The average molecular weight is 1140 g/mol. The molecule has 3 saturated carbocycles. The first-order valence-corrected chi connectivity index (χ1v) is 26.7. The molecule has 8 atom stereocenters. The van der Waals surface area contributed by atoms with Crippen molar-refractivity contribution < 1.29 is 88.0 Å². The van der Waals surface area contributed by atoms with E-state index in [0.29, 0.717) is 11.1 Å². The average Bonchev–Trinajstić information content (AvgIpc) is 0.919. The zero-order chi connectivity index (χ0) is 59.9. The minimum Gasteiger partial charge on any atom is -0.508 e. The first-order chi connectivity index (χ1) is 38.6. The second-order valence-corrected chi connectivity index (χ2v) is 22.6. The van der Waals surface area contributed by atoms with E-state index in [4.69, 9.17) is 5.73 Å². The Balaban J connectivity index is 0.000000198. The minimum absolute atomic E-state index is 0.0324. The van der Waals surface area contributed by atoms with Gasteiger partial charge in [-0.05, 0) is 133 Å². The van der Waals surface area contributed by atoms with Crippen molar-refractivity contribution in [3.63, 3.8) is 0 Å². The molecule has 10 rings (SSSR count). The SMILES string of the molecule is CC(=O)C1=C(O)[C@@]2(O)C(=O)C3=C(O)c4c(O)ccc(C(=O)CNCc5c(F)cccc5F)c4C[C@H]3C[C@H]2[C@H](N(C)C)C1=O.CN(C)[C@@H]1C(=O)C(C(N)=O)=C(O)[C@@]2(O)C(=O)C3=C(O)c4c(O)ccc(C(=O)CNC5CCCC5)c4C[C@H]3C[C@@H]12. The van der Waals surface area contributed by atoms with Crippen LogP contribution in [0, 0.1) is 35.3 Å². The molecule has 0 aliphatic heterocycles. The predicted molar refractivity (Wildman–Crippen MR) is 287 cm³/mol. The summed E-state index contributed by atoms with van der Waals surface area (Å²) >= 11 is 0. The smallest absolute Gasteiger partial charge is 0.255 e. The summed E-state index contributed by atoms with van der Waals surface area (Å²) in [5.41, 5.74) is -1.73. The highest BCUT2D eigenvalue weighted by molar-refractivity contribution is 6.26. The highest BCUT2D eigenvalue weighted by Gasteiger charge is 2.66. The van der Waals surface area contributed by atoms with Crippen LogP contribution in [0.15, 0.2) is 76.3 Å². The van der Waals surface area contributed by atoms with E-state index in [9.17, 15) is 88.0 Å². The fourth-order valence-corrected chi connectivity index (χ4v) is 13.7. The Kier molecular flexibility index (Phi) is 15.7. The highest BCUT2D eigenvalue weighted by atomic mass is 19.1. The monoisotopic (exact) mass is 1140 g/mol. The van der Waals surface area contributed by atoms with Crippen molar-refractivity contribution in [1.29, 1.82) is 0 Å². The maximum atomic E-state index is 14.0. The van der Waals surface area contributed by atoms with Gasteiger partial charge in [0, 0.05) is 52.3 Å². The third kappa shape index (κ3) is 9.32. The number of nitrogens with one attached hydrogen (secondary N) is 2. The standard InChI is InChI=1S/C31H30F2N2O8.C28H33N3O8/c1-13(36)23-28(40)26(35(2)3)18-10-14-9-16-15(22(38)12-34-11-17-19(32)5-4-6-20(17)33)7-8-21(37)25(16)27(39)24(14)30(42)31(18,43)29(23)41;1-31(2)22-16-10-12-9-15-14(18(33)11-30-13-5-3-4-6-13)7-8-17(32)20(15)23(34)19(12)25(36)28(16,39)26(37)21(24(22)35)27(29)38/h4-8,14,18,26,34,37,39,41,43H,9-12H2,1-3H3;7-8,12-13,16,22,30,32,34,37,39H,3-6,9-11H2,1-2H3,(H2,29,38)/t14-,18-,26-,31+;12-,16-,22-,28-/m00/s1. The van der Waals surface area contributed by atoms with Crippen molar-refractivity contribution in [3.05, 3.63) is 127 Å². The van der Waals surface area contributed by atoms with Gasteiger partial charge in [-0.2, -0.15) is 0 Å². The number of aliphatic hydroxyl groups excluding tert-OH is 4. The van der Waals surface area contributed by atoms with Gasteiger partial charge in [0.2, 0.25) is 11.6 Å². The van der Waals surface area contributed by atoms with Gasteiger partial charge in [-0.25, -0.2) is 8.78 Å². The molecule has 82 heavy (non-hydrogen) atoms. The maximum absolute atomic E-state index is 14.0. The summed E-state index contributed by atoms with van der Waals surface area (Å²) < 4.78 is 28.0. The number of carbonyl (C=O) groups is 8. The van der Waals surface area contributed by atoms with Crippen LogP contribution in [0.5, 0.6) is 11.5 Å². The number of Topliss-reactive ketones (excluding diaryl/α,β-unsaturated/α-hetero) is 7. The zero-order valence-electron chi connectivity index (χ0n) is 45.4. The van der Waals surface area contributed by atoms with Crippen molar-refractivity contribution in [2.24, 2.45) is 29.4 Å². The molecule has 0 aromatic heterocycles. The van der Waals surface area contributed by atoms with Crippen LogP contribution in [0.25, 0.3) is 11.5 Å². The topological polar surface area (TPSA) is 355 Å². The van der Waals surface area contributed by atoms with Gasteiger partial charge in [0.25, 0.3) is 5.91 Å². The van der Waals surface area contributed by atoms with Crippen LogP contribution in [0.1, 0.15) is 94.0 Å². The fourth-order valence-electron chi connectivity index (χ4n) is 13.7. The molecule has 12 N–H and O–H groups in total. The fraction of sp³-hybridized carbons (Fsp3) is 0.424. The number of aromatic hydroxyl groups is 2. The second kappa shape index (κ2) is 21.8. The van der Waals surface area contributed by atoms with Crippen LogP contribution < -0.4 is 16.4 Å². The van der Waals surface area contributed by atoms with Gasteiger partial charge in [-0.15, -0.1) is 0 Å². The lowest BCUT2D eigenvalue weighted by molar-refractivity contribution is -0.155. The maximum Gasteiger partial charge on any atom is 0.255 e. The molecule has 0 heterocycles. The first kappa shape index (κ1) is 58.8. The number of nitrogens with zero attached hydrogens (tertiary/aromatic N) is 2. The summed E-state index contributed by atoms with van der Waals surface area (Å²) in [6.45, 7) is 0.479. The van der Waals surface area contributed by atoms with E-state index in [1.165, 1.54) is 48.2 Å². The number of phenolic OH excluding ortho intramolecular Hbond substituents is 2. The molecule has 0 saturated heterocycles. The Morgan fingerprint density at radius 3 is 1.50 bits per heavy atom. The number of nitrogens with two attached hydrogens (primary N) is 1. The molecular weight excluding hydrogens is 1070 g/mol. The third-order valence-electron chi connectivity index (χ3n) is 17.5. The van der Waals surface area contributed by atoms with Crippen LogP contribution in [-0.4, -0.2) is 168 Å². The molecule has 3 fully saturated rings. The Bertz CT molecular complexity index is 3450. The number of hydrogen-bond donors (Lipinski definition) is 11. The highest BCUT2D eigenvalue weighted by Crippen LogP contribution is 2.55. The van der Waals surface area contributed by atoms with Crippen LogP contribution in [0.4, 0.5) is 8.78 Å². The Morgan fingerprint density at radius 1 is 0.646 bits per heavy atom. The summed E-state index contributed by atoms with van der Waals surface area (Å²) in [5, 5.41) is 95.2. The number of aliphatic hydroxyl groups is 6. The quantitative estimate of drug-likeness (QED) is 0.0865. The van der Waals surface area contributed by atoms with Crippen molar-refractivity contribution in [1.82, 2.24) is 20.4 Å². The zero-order valence-corrected chi connectivity index (χ0v) is 45.4. The van der Waals surface area contributed by atoms with E-state index >= 15 is 0 Å². The number of halogens is 2. The molecule has 434 valence electrons. The molecule has 3 aromatic carbocycles. The van der Waals surface area contributed by atoms with E-state index in [1.807, 2.05) is 0 Å². The summed E-state index contributed by atoms with van der Waals surface area (Å²) in [7, 11) is 6.14. The van der Waals surface area contributed by atoms with Gasteiger partial charge in [0.05, 0.1) is 36.3 Å².